The largest absolute Gasteiger partial charge is 0.443 e. The van der Waals surface area contributed by atoms with E-state index in [9.17, 15) is 4.39 Å². The maximum atomic E-state index is 13.9. The molecule has 5 heteroatoms. The minimum absolute atomic E-state index is 0.331. The van der Waals surface area contributed by atoms with Crippen molar-refractivity contribution in [1.82, 2.24) is 10.3 Å². The van der Waals surface area contributed by atoms with Gasteiger partial charge in [0.05, 0.1) is 10.0 Å². The molecular formula is C12H12BrFN2O. The van der Waals surface area contributed by atoms with E-state index in [1.165, 1.54) is 6.39 Å². The van der Waals surface area contributed by atoms with Crippen LogP contribution in [0.3, 0.4) is 0 Å². The number of hydrogen-bond donors (Lipinski definition) is 1. The van der Waals surface area contributed by atoms with Crippen LogP contribution in [0.15, 0.2) is 33.5 Å². The minimum Gasteiger partial charge on any atom is -0.443 e. The van der Waals surface area contributed by atoms with E-state index in [1.54, 1.807) is 18.2 Å². The average molecular weight is 299 g/mol. The molecule has 90 valence electrons. The molecule has 0 fully saturated rings. The molecule has 0 atom stereocenters. The summed E-state index contributed by atoms with van der Waals surface area (Å²) in [6.07, 6.45) is 1.34. The summed E-state index contributed by atoms with van der Waals surface area (Å²) in [4.78, 5) is 4.09. The van der Waals surface area contributed by atoms with Gasteiger partial charge >= 0.3 is 0 Å². The molecule has 0 spiro atoms. The third-order valence-corrected chi connectivity index (χ3v) is 2.99. The fourth-order valence-electron chi connectivity index (χ4n) is 1.54. The highest BCUT2D eigenvalue weighted by atomic mass is 79.9. The van der Waals surface area contributed by atoms with Crippen LogP contribution < -0.4 is 5.32 Å². The molecule has 0 aliphatic heterocycles. The number of benzene rings is 1. The van der Waals surface area contributed by atoms with Crippen molar-refractivity contribution in [3.63, 3.8) is 0 Å². The molecule has 0 amide bonds. The third-order valence-electron chi connectivity index (χ3n) is 2.38. The summed E-state index contributed by atoms with van der Waals surface area (Å²) in [5, 5.41) is 3.14. The summed E-state index contributed by atoms with van der Waals surface area (Å²) < 4.78 is 19.6. The van der Waals surface area contributed by atoms with Gasteiger partial charge in [0.15, 0.2) is 12.2 Å². The lowest BCUT2D eigenvalue weighted by Crippen LogP contribution is -2.12. The molecule has 1 aromatic heterocycles. The van der Waals surface area contributed by atoms with Gasteiger partial charge in [0, 0.05) is 6.54 Å². The van der Waals surface area contributed by atoms with Crippen LogP contribution in [0.4, 0.5) is 4.39 Å². The van der Waals surface area contributed by atoms with Gasteiger partial charge in [-0.15, -0.1) is 0 Å². The standard InChI is InChI=1S/C12H12BrFN2O/c1-2-15-6-10-12(17-7-16-10)8-4-3-5-9(13)11(8)14/h3-5,7,15H,2,6H2,1H3. The first-order chi connectivity index (χ1) is 8.24. The second-order valence-electron chi connectivity index (χ2n) is 3.51. The van der Waals surface area contributed by atoms with E-state index in [2.05, 4.69) is 26.2 Å². The number of hydrogen-bond acceptors (Lipinski definition) is 3. The van der Waals surface area contributed by atoms with Crippen LogP contribution in [0.25, 0.3) is 11.3 Å². The smallest absolute Gasteiger partial charge is 0.181 e. The summed E-state index contributed by atoms with van der Waals surface area (Å²) in [5.41, 5.74) is 1.13. The van der Waals surface area contributed by atoms with Crippen LogP contribution in [0.1, 0.15) is 12.6 Å². The highest BCUT2D eigenvalue weighted by Gasteiger charge is 2.15. The van der Waals surface area contributed by atoms with Gasteiger partial charge in [-0.3, -0.25) is 0 Å². The molecule has 17 heavy (non-hydrogen) atoms. The predicted octanol–water partition coefficient (Wildman–Crippen LogP) is 3.35. The number of halogens is 2. The average Bonchev–Trinajstić information content (AvgIpc) is 2.78. The van der Waals surface area contributed by atoms with Crippen molar-refractivity contribution in [2.45, 2.75) is 13.5 Å². The van der Waals surface area contributed by atoms with Gasteiger partial charge in [0.25, 0.3) is 0 Å². The van der Waals surface area contributed by atoms with E-state index in [4.69, 9.17) is 4.42 Å². The Morgan fingerprint density at radius 3 is 3.06 bits per heavy atom. The summed E-state index contributed by atoms with van der Waals surface area (Å²) in [7, 11) is 0. The van der Waals surface area contributed by atoms with Crippen LogP contribution >= 0.6 is 15.9 Å². The van der Waals surface area contributed by atoms with Crippen LogP contribution in [0.5, 0.6) is 0 Å². The van der Waals surface area contributed by atoms with Gasteiger partial charge in [-0.1, -0.05) is 13.0 Å². The van der Waals surface area contributed by atoms with E-state index in [-0.39, 0.29) is 5.82 Å². The number of rotatable bonds is 4. The van der Waals surface area contributed by atoms with E-state index in [1.807, 2.05) is 6.92 Å². The van der Waals surface area contributed by atoms with Crippen molar-refractivity contribution in [1.29, 1.82) is 0 Å². The van der Waals surface area contributed by atoms with Crippen molar-refractivity contribution in [3.05, 3.63) is 40.6 Å². The molecule has 0 radical (unpaired) electrons. The number of oxazole rings is 1. The molecule has 1 heterocycles. The van der Waals surface area contributed by atoms with Gasteiger partial charge in [-0.2, -0.15) is 0 Å². The third kappa shape index (κ3) is 2.56. The highest BCUT2D eigenvalue weighted by Crippen LogP contribution is 2.29. The maximum Gasteiger partial charge on any atom is 0.181 e. The maximum absolute atomic E-state index is 13.9. The van der Waals surface area contributed by atoms with E-state index in [0.29, 0.717) is 28.0 Å². The molecule has 2 rings (SSSR count). The zero-order valence-electron chi connectivity index (χ0n) is 9.34. The van der Waals surface area contributed by atoms with Gasteiger partial charge in [0.2, 0.25) is 0 Å². The highest BCUT2D eigenvalue weighted by molar-refractivity contribution is 9.10. The monoisotopic (exact) mass is 298 g/mol. The lowest BCUT2D eigenvalue weighted by Gasteiger charge is -2.04. The Bertz CT molecular complexity index is 513. The first-order valence-corrected chi connectivity index (χ1v) is 6.10. The molecular weight excluding hydrogens is 287 g/mol. The van der Waals surface area contributed by atoms with Crippen LogP contribution in [-0.2, 0) is 6.54 Å². The fraction of sp³-hybridized carbons (Fsp3) is 0.250. The van der Waals surface area contributed by atoms with Gasteiger partial charge in [0.1, 0.15) is 11.5 Å². The zero-order chi connectivity index (χ0) is 12.3. The molecule has 0 bridgehead atoms. The van der Waals surface area contributed by atoms with E-state index in [0.717, 1.165) is 6.54 Å². The van der Waals surface area contributed by atoms with Crippen LogP contribution in [0.2, 0.25) is 0 Å². The van der Waals surface area contributed by atoms with Crippen molar-refractivity contribution in [2.75, 3.05) is 6.54 Å². The molecule has 0 aliphatic rings. The second kappa shape index (κ2) is 5.42. The Balaban J connectivity index is 2.39. The second-order valence-corrected chi connectivity index (χ2v) is 4.36. The van der Waals surface area contributed by atoms with Crippen LogP contribution in [-0.4, -0.2) is 11.5 Å². The molecule has 0 aliphatic carbocycles. The summed E-state index contributed by atoms with van der Waals surface area (Å²) in [6, 6.07) is 5.09. The topological polar surface area (TPSA) is 38.1 Å². The Kier molecular flexibility index (Phi) is 3.91. The van der Waals surface area contributed by atoms with Gasteiger partial charge in [-0.25, -0.2) is 9.37 Å². The van der Waals surface area contributed by atoms with Crippen LogP contribution in [0, 0.1) is 5.82 Å². The SMILES string of the molecule is CCNCc1ncoc1-c1cccc(Br)c1F. The molecule has 0 unspecified atom stereocenters. The normalized spacial score (nSPS) is 10.8. The predicted molar refractivity (Wildman–Crippen MR) is 67.0 cm³/mol. The first-order valence-electron chi connectivity index (χ1n) is 5.31. The Morgan fingerprint density at radius 2 is 2.29 bits per heavy atom. The van der Waals surface area contributed by atoms with Gasteiger partial charge in [-0.05, 0) is 34.6 Å². The van der Waals surface area contributed by atoms with Crippen molar-refractivity contribution >= 4 is 15.9 Å². The zero-order valence-corrected chi connectivity index (χ0v) is 10.9. The summed E-state index contributed by atoms with van der Waals surface area (Å²) in [6.45, 7) is 3.39. The Hall–Kier alpha value is -1.20. The molecule has 0 saturated heterocycles. The molecule has 0 saturated carbocycles. The van der Waals surface area contributed by atoms with Crippen molar-refractivity contribution in [2.24, 2.45) is 0 Å². The van der Waals surface area contributed by atoms with Gasteiger partial charge < -0.3 is 9.73 Å². The number of nitrogens with zero attached hydrogens (tertiary/aromatic N) is 1. The molecule has 1 aromatic carbocycles. The molecule has 3 nitrogen and oxygen atoms in total. The molecule has 2 aromatic rings. The lowest BCUT2D eigenvalue weighted by molar-refractivity contribution is 0.558. The van der Waals surface area contributed by atoms with Crippen molar-refractivity contribution in [3.8, 4) is 11.3 Å². The first kappa shape index (κ1) is 12.3. The summed E-state index contributed by atoms with van der Waals surface area (Å²) in [5.74, 6) is 0.145. The minimum atomic E-state index is -0.331. The molecule has 1 N–H and O–H groups in total. The summed E-state index contributed by atoms with van der Waals surface area (Å²) >= 11 is 3.16. The number of nitrogens with one attached hydrogen (secondary N) is 1. The number of aromatic nitrogens is 1. The fourth-order valence-corrected chi connectivity index (χ4v) is 1.90. The lowest BCUT2D eigenvalue weighted by atomic mass is 10.1. The Labute approximate surface area is 107 Å². The Morgan fingerprint density at radius 1 is 1.47 bits per heavy atom. The van der Waals surface area contributed by atoms with Crippen molar-refractivity contribution < 1.29 is 8.81 Å². The quantitative estimate of drug-likeness (QED) is 0.941. The van der Waals surface area contributed by atoms with E-state index >= 15 is 0 Å². The van der Waals surface area contributed by atoms with E-state index < -0.39 is 0 Å².